The van der Waals surface area contributed by atoms with Crippen LogP contribution in [-0.4, -0.2) is 4.57 Å². The highest BCUT2D eigenvalue weighted by Gasteiger charge is 2.20. The molecule has 0 spiro atoms. The molecule has 0 amide bonds. The van der Waals surface area contributed by atoms with Gasteiger partial charge in [0.05, 0.1) is 16.4 Å². The first-order valence-corrected chi connectivity index (χ1v) is 11.9. The third-order valence-corrected chi connectivity index (χ3v) is 7.93. The largest absolute Gasteiger partial charge is 0.455 e. The molecule has 8 aromatic rings. The van der Waals surface area contributed by atoms with Gasteiger partial charge < -0.3 is 8.98 Å². The van der Waals surface area contributed by atoms with Crippen molar-refractivity contribution >= 4 is 75.3 Å². The summed E-state index contributed by atoms with van der Waals surface area (Å²) in [5.41, 5.74) is 5.48. The van der Waals surface area contributed by atoms with E-state index < -0.39 is 0 Å². The molecule has 0 radical (unpaired) electrons. The van der Waals surface area contributed by atoms with Crippen LogP contribution < -0.4 is 0 Å². The minimum atomic E-state index is 0.969. The van der Waals surface area contributed by atoms with Gasteiger partial charge in [0, 0.05) is 42.0 Å². The number of rotatable bonds is 1. The Labute approximate surface area is 192 Å². The van der Waals surface area contributed by atoms with E-state index in [-0.39, 0.29) is 0 Å². The minimum Gasteiger partial charge on any atom is -0.455 e. The van der Waals surface area contributed by atoms with Crippen molar-refractivity contribution in [1.82, 2.24) is 4.57 Å². The smallest absolute Gasteiger partial charge is 0.145 e. The summed E-state index contributed by atoms with van der Waals surface area (Å²) >= 11 is 1.83. The SMILES string of the molecule is c1ccc(-n2c3ccccc3c3c4oc5c(ccc6sc7ccccc7c65)c4ccc32)cc1. The van der Waals surface area contributed by atoms with Crippen LogP contribution in [-0.2, 0) is 0 Å². The summed E-state index contributed by atoms with van der Waals surface area (Å²) in [7, 11) is 0. The van der Waals surface area contributed by atoms with E-state index in [2.05, 4.69) is 108 Å². The Hall–Kier alpha value is -4.08. The number of nitrogens with zero attached hydrogens (tertiary/aromatic N) is 1. The Bertz CT molecular complexity index is 2020. The second-order valence-electron chi connectivity index (χ2n) is 8.54. The Morgan fingerprint density at radius 1 is 0.485 bits per heavy atom. The Morgan fingerprint density at radius 2 is 1.18 bits per heavy atom. The van der Waals surface area contributed by atoms with Crippen molar-refractivity contribution in [2.45, 2.75) is 0 Å². The van der Waals surface area contributed by atoms with Crippen LogP contribution >= 0.6 is 11.3 Å². The Morgan fingerprint density at radius 3 is 2.06 bits per heavy atom. The predicted octanol–water partition coefficient (Wildman–Crippen LogP) is 9.05. The van der Waals surface area contributed by atoms with Crippen molar-refractivity contribution in [3.63, 3.8) is 0 Å². The monoisotopic (exact) mass is 439 g/mol. The van der Waals surface area contributed by atoms with Crippen LogP contribution in [0.25, 0.3) is 69.6 Å². The lowest BCUT2D eigenvalue weighted by Gasteiger charge is -2.07. The van der Waals surface area contributed by atoms with Gasteiger partial charge in [-0.25, -0.2) is 0 Å². The summed E-state index contributed by atoms with van der Waals surface area (Å²) in [6.45, 7) is 0. The van der Waals surface area contributed by atoms with Crippen molar-refractivity contribution in [1.29, 1.82) is 0 Å². The molecule has 3 heteroatoms. The number of hydrogen-bond donors (Lipinski definition) is 0. The van der Waals surface area contributed by atoms with E-state index in [9.17, 15) is 0 Å². The Balaban J connectivity index is 1.60. The molecule has 3 heterocycles. The van der Waals surface area contributed by atoms with Gasteiger partial charge in [-0.15, -0.1) is 11.3 Å². The zero-order valence-electron chi connectivity index (χ0n) is 17.6. The lowest BCUT2D eigenvalue weighted by molar-refractivity contribution is 0.677. The number of benzene rings is 5. The van der Waals surface area contributed by atoms with E-state index in [1.54, 1.807) is 0 Å². The average molecular weight is 440 g/mol. The fraction of sp³-hybridized carbons (Fsp3) is 0. The molecule has 33 heavy (non-hydrogen) atoms. The van der Waals surface area contributed by atoms with Gasteiger partial charge >= 0.3 is 0 Å². The van der Waals surface area contributed by atoms with Crippen LogP contribution in [0.3, 0.4) is 0 Å². The van der Waals surface area contributed by atoms with Crippen LogP contribution in [0, 0.1) is 0 Å². The number of furan rings is 1. The van der Waals surface area contributed by atoms with Crippen LogP contribution in [0.5, 0.6) is 0 Å². The van der Waals surface area contributed by atoms with E-state index in [1.165, 1.54) is 52.8 Å². The van der Waals surface area contributed by atoms with Gasteiger partial charge in [-0.1, -0.05) is 54.6 Å². The summed E-state index contributed by atoms with van der Waals surface area (Å²) < 4.78 is 11.7. The maximum atomic E-state index is 6.80. The van der Waals surface area contributed by atoms with Crippen molar-refractivity contribution in [2.75, 3.05) is 0 Å². The van der Waals surface area contributed by atoms with Crippen molar-refractivity contribution in [3.05, 3.63) is 103 Å². The summed E-state index contributed by atoms with van der Waals surface area (Å²) in [6.07, 6.45) is 0. The first kappa shape index (κ1) is 17.5. The zero-order chi connectivity index (χ0) is 21.5. The topological polar surface area (TPSA) is 18.1 Å². The maximum Gasteiger partial charge on any atom is 0.145 e. The number of hydrogen-bond acceptors (Lipinski definition) is 2. The molecule has 0 saturated heterocycles. The van der Waals surface area contributed by atoms with Gasteiger partial charge in [0.1, 0.15) is 11.2 Å². The average Bonchev–Trinajstić information content (AvgIpc) is 3.53. The molecule has 5 aromatic carbocycles. The summed E-state index contributed by atoms with van der Waals surface area (Å²) in [6, 6.07) is 36.8. The molecule has 2 nitrogen and oxygen atoms in total. The molecule has 3 aromatic heterocycles. The highest BCUT2D eigenvalue weighted by molar-refractivity contribution is 7.26. The highest BCUT2D eigenvalue weighted by atomic mass is 32.1. The lowest BCUT2D eigenvalue weighted by atomic mass is 10.1. The molecular formula is C30H17NOS. The van der Waals surface area contributed by atoms with Gasteiger partial charge in [0.15, 0.2) is 0 Å². The van der Waals surface area contributed by atoms with Gasteiger partial charge in [-0.3, -0.25) is 0 Å². The molecule has 0 saturated carbocycles. The second-order valence-corrected chi connectivity index (χ2v) is 9.62. The number of fused-ring (bicyclic) bond motifs is 11. The summed E-state index contributed by atoms with van der Waals surface area (Å²) in [4.78, 5) is 0. The van der Waals surface area contributed by atoms with Gasteiger partial charge in [-0.2, -0.15) is 0 Å². The summed E-state index contributed by atoms with van der Waals surface area (Å²) in [5, 5.41) is 7.24. The van der Waals surface area contributed by atoms with E-state index in [0.29, 0.717) is 0 Å². The molecule has 8 rings (SSSR count). The molecule has 0 atom stereocenters. The molecule has 0 aliphatic rings. The van der Waals surface area contributed by atoms with E-state index in [4.69, 9.17) is 4.42 Å². The van der Waals surface area contributed by atoms with Gasteiger partial charge in [0.2, 0.25) is 0 Å². The predicted molar refractivity (Wildman–Crippen MR) is 141 cm³/mol. The van der Waals surface area contributed by atoms with Crippen molar-refractivity contribution in [3.8, 4) is 5.69 Å². The molecule has 0 bridgehead atoms. The van der Waals surface area contributed by atoms with Crippen LogP contribution in [0.4, 0.5) is 0 Å². The minimum absolute atomic E-state index is 0.969. The fourth-order valence-electron chi connectivity index (χ4n) is 5.41. The number of aromatic nitrogens is 1. The van der Waals surface area contributed by atoms with Gasteiger partial charge in [-0.05, 0) is 48.5 Å². The van der Waals surface area contributed by atoms with Crippen LogP contribution in [0.15, 0.2) is 108 Å². The first-order chi connectivity index (χ1) is 16.4. The molecule has 0 aliphatic heterocycles. The lowest BCUT2D eigenvalue weighted by Crippen LogP contribution is -1.92. The van der Waals surface area contributed by atoms with Crippen molar-refractivity contribution < 1.29 is 4.42 Å². The first-order valence-electron chi connectivity index (χ1n) is 11.1. The molecule has 154 valence electrons. The third-order valence-electron chi connectivity index (χ3n) is 6.80. The number of thiophene rings is 1. The molecule has 0 N–H and O–H groups in total. The van der Waals surface area contributed by atoms with E-state index >= 15 is 0 Å². The normalized spacial score (nSPS) is 12.2. The molecule has 0 fully saturated rings. The maximum absolute atomic E-state index is 6.80. The fourth-order valence-corrected chi connectivity index (χ4v) is 6.51. The van der Waals surface area contributed by atoms with E-state index in [1.807, 2.05) is 11.3 Å². The summed E-state index contributed by atoms with van der Waals surface area (Å²) in [5.74, 6) is 0. The van der Waals surface area contributed by atoms with Crippen LogP contribution in [0.2, 0.25) is 0 Å². The van der Waals surface area contributed by atoms with E-state index in [0.717, 1.165) is 16.9 Å². The molecule has 0 unspecified atom stereocenters. The third kappa shape index (κ3) is 2.22. The quantitative estimate of drug-likeness (QED) is 0.249. The second kappa shape index (κ2) is 6.25. The van der Waals surface area contributed by atoms with Crippen molar-refractivity contribution in [2.24, 2.45) is 0 Å². The Kier molecular flexibility index (Phi) is 3.31. The van der Waals surface area contributed by atoms with Gasteiger partial charge in [0.25, 0.3) is 0 Å². The highest BCUT2D eigenvalue weighted by Crippen LogP contribution is 2.45. The van der Waals surface area contributed by atoms with Crippen LogP contribution in [0.1, 0.15) is 0 Å². The molecular weight excluding hydrogens is 422 g/mol. The standard InChI is InChI=1S/C30H17NOS/c1-2-8-18(9-3-1)31-23-12-6-4-10-21(23)27-24(31)16-14-19-20-15-17-26-28(30(20)32-29(19)27)22-11-5-7-13-25(22)33-26/h1-17H. The number of para-hydroxylation sites is 2. The zero-order valence-corrected chi connectivity index (χ0v) is 18.4. The molecule has 0 aliphatic carbocycles.